The van der Waals surface area contributed by atoms with Crippen LogP contribution in [0.5, 0.6) is 17.2 Å². The molecule has 2 aromatic carbocycles. The molecule has 1 amide bonds. The van der Waals surface area contributed by atoms with Crippen molar-refractivity contribution >= 4 is 23.2 Å². The van der Waals surface area contributed by atoms with Gasteiger partial charge in [0.15, 0.2) is 11.5 Å². The molecule has 0 unspecified atom stereocenters. The highest BCUT2D eigenvalue weighted by atomic mass is 35.5. The molecule has 0 saturated heterocycles. The molecule has 0 atom stereocenters. The summed E-state index contributed by atoms with van der Waals surface area (Å²) >= 11 is 5.90. The first-order chi connectivity index (χ1) is 9.52. The van der Waals surface area contributed by atoms with E-state index in [1.807, 2.05) is 0 Å². The van der Waals surface area contributed by atoms with Crippen LogP contribution in [0.1, 0.15) is 10.4 Å². The van der Waals surface area contributed by atoms with Crippen LogP contribution in [0.2, 0.25) is 5.02 Å². The average Bonchev–Trinajstić information content (AvgIpc) is 2.42. The van der Waals surface area contributed by atoms with Crippen molar-refractivity contribution in [3.05, 3.63) is 47.0 Å². The van der Waals surface area contributed by atoms with Gasteiger partial charge in [0.05, 0.1) is 23.4 Å². The van der Waals surface area contributed by atoms with Crippen molar-refractivity contribution in [2.24, 2.45) is 0 Å². The van der Waals surface area contributed by atoms with Gasteiger partial charge >= 0.3 is 0 Å². The first-order valence-electron chi connectivity index (χ1n) is 5.68. The number of benzene rings is 2. The number of aromatic hydroxyl groups is 2. The summed E-state index contributed by atoms with van der Waals surface area (Å²) in [7, 11) is 1.40. The molecular formula is C14H12ClNO4. The molecule has 0 radical (unpaired) electrons. The summed E-state index contributed by atoms with van der Waals surface area (Å²) in [6.45, 7) is 0. The zero-order valence-corrected chi connectivity index (χ0v) is 11.3. The normalized spacial score (nSPS) is 10.1. The van der Waals surface area contributed by atoms with Crippen LogP contribution < -0.4 is 10.1 Å². The summed E-state index contributed by atoms with van der Waals surface area (Å²) in [6, 6.07) is 8.76. The van der Waals surface area contributed by atoms with E-state index >= 15 is 0 Å². The van der Waals surface area contributed by atoms with Crippen LogP contribution in [0.15, 0.2) is 36.4 Å². The number of hydrogen-bond acceptors (Lipinski definition) is 4. The summed E-state index contributed by atoms with van der Waals surface area (Å²) in [5.41, 5.74) is 0.394. The molecule has 6 heteroatoms. The zero-order chi connectivity index (χ0) is 14.7. The highest BCUT2D eigenvalue weighted by Crippen LogP contribution is 2.31. The molecule has 0 aliphatic heterocycles. The number of hydrogen-bond donors (Lipinski definition) is 3. The summed E-state index contributed by atoms with van der Waals surface area (Å²) in [5, 5.41) is 21.9. The second-order valence-corrected chi connectivity index (χ2v) is 4.38. The van der Waals surface area contributed by atoms with E-state index in [1.165, 1.54) is 31.4 Å². The van der Waals surface area contributed by atoms with Crippen molar-refractivity contribution in [1.82, 2.24) is 0 Å². The van der Waals surface area contributed by atoms with E-state index in [2.05, 4.69) is 5.32 Å². The van der Waals surface area contributed by atoms with Gasteiger partial charge in [0, 0.05) is 6.07 Å². The quantitative estimate of drug-likeness (QED) is 0.760. The first kappa shape index (κ1) is 14.0. The lowest BCUT2D eigenvalue weighted by Crippen LogP contribution is -2.12. The molecule has 5 nitrogen and oxygen atoms in total. The molecule has 0 aliphatic rings. The third-order valence-electron chi connectivity index (χ3n) is 2.66. The number of phenols is 2. The van der Waals surface area contributed by atoms with Gasteiger partial charge in [0.2, 0.25) is 0 Å². The van der Waals surface area contributed by atoms with Crippen LogP contribution in [0.4, 0.5) is 5.69 Å². The number of carbonyl (C=O) groups is 1. The van der Waals surface area contributed by atoms with Crippen molar-refractivity contribution in [2.45, 2.75) is 0 Å². The monoisotopic (exact) mass is 293 g/mol. The molecule has 0 fully saturated rings. The van der Waals surface area contributed by atoms with E-state index in [9.17, 15) is 15.0 Å². The van der Waals surface area contributed by atoms with Gasteiger partial charge in [-0.3, -0.25) is 4.79 Å². The van der Waals surface area contributed by atoms with Crippen molar-refractivity contribution in [2.75, 3.05) is 12.4 Å². The lowest BCUT2D eigenvalue weighted by atomic mass is 10.1. The van der Waals surface area contributed by atoms with Gasteiger partial charge in [-0.05, 0) is 24.3 Å². The largest absolute Gasteiger partial charge is 0.508 e. The van der Waals surface area contributed by atoms with Gasteiger partial charge < -0.3 is 20.3 Å². The minimum absolute atomic E-state index is 0.00257. The summed E-state index contributed by atoms with van der Waals surface area (Å²) in [5.74, 6) is -0.580. The molecule has 0 saturated carbocycles. The van der Waals surface area contributed by atoms with E-state index in [-0.39, 0.29) is 27.8 Å². The Labute approximate surface area is 120 Å². The third kappa shape index (κ3) is 2.78. The first-order valence-corrected chi connectivity index (χ1v) is 6.06. The van der Waals surface area contributed by atoms with Crippen molar-refractivity contribution in [3.8, 4) is 17.2 Å². The third-order valence-corrected chi connectivity index (χ3v) is 2.98. The maximum Gasteiger partial charge on any atom is 0.259 e. The van der Waals surface area contributed by atoms with Crippen LogP contribution in [0.25, 0.3) is 0 Å². The van der Waals surface area contributed by atoms with Gasteiger partial charge in [-0.1, -0.05) is 17.7 Å². The molecule has 0 aliphatic carbocycles. The van der Waals surface area contributed by atoms with Gasteiger partial charge in [-0.2, -0.15) is 0 Å². The number of halogens is 1. The second-order valence-electron chi connectivity index (χ2n) is 3.97. The number of carbonyl (C=O) groups excluding carboxylic acids is 1. The highest BCUT2D eigenvalue weighted by molar-refractivity contribution is 6.34. The second kappa shape index (κ2) is 5.71. The molecule has 20 heavy (non-hydrogen) atoms. The van der Waals surface area contributed by atoms with Crippen LogP contribution in [0, 0.1) is 0 Å². The van der Waals surface area contributed by atoms with Gasteiger partial charge in [0.25, 0.3) is 5.91 Å². The van der Waals surface area contributed by atoms with E-state index in [4.69, 9.17) is 16.3 Å². The van der Waals surface area contributed by atoms with Crippen molar-refractivity contribution in [3.63, 3.8) is 0 Å². The summed E-state index contributed by atoms with van der Waals surface area (Å²) < 4.78 is 4.94. The molecule has 104 valence electrons. The number of rotatable bonds is 3. The van der Waals surface area contributed by atoms with E-state index in [0.29, 0.717) is 5.69 Å². The minimum atomic E-state index is -0.533. The Balaban J connectivity index is 2.28. The number of phenolic OH excluding ortho intramolecular Hbond substituents is 2. The van der Waals surface area contributed by atoms with Crippen LogP contribution in [-0.4, -0.2) is 23.2 Å². The number of anilines is 1. The van der Waals surface area contributed by atoms with E-state index < -0.39 is 5.91 Å². The summed E-state index contributed by atoms with van der Waals surface area (Å²) in [4.78, 5) is 12.1. The average molecular weight is 294 g/mol. The molecule has 0 aromatic heterocycles. The molecule has 2 aromatic rings. The van der Waals surface area contributed by atoms with Crippen LogP contribution in [-0.2, 0) is 0 Å². The molecule has 2 rings (SSSR count). The fourth-order valence-electron chi connectivity index (χ4n) is 1.67. The Morgan fingerprint density at radius 3 is 2.65 bits per heavy atom. The smallest absolute Gasteiger partial charge is 0.259 e. The molecule has 0 heterocycles. The number of methoxy groups -OCH3 is 1. The number of ether oxygens (including phenoxy) is 1. The predicted molar refractivity (Wildman–Crippen MR) is 75.7 cm³/mol. The Hall–Kier alpha value is -2.40. The Morgan fingerprint density at radius 2 is 2.00 bits per heavy atom. The fraction of sp³-hybridized carbons (Fsp3) is 0.0714. The maximum atomic E-state index is 12.1. The minimum Gasteiger partial charge on any atom is -0.508 e. The van der Waals surface area contributed by atoms with Crippen molar-refractivity contribution in [1.29, 1.82) is 0 Å². The van der Waals surface area contributed by atoms with Crippen LogP contribution in [0.3, 0.4) is 0 Å². The van der Waals surface area contributed by atoms with E-state index in [0.717, 1.165) is 0 Å². The Morgan fingerprint density at radius 1 is 1.25 bits per heavy atom. The van der Waals surface area contributed by atoms with Gasteiger partial charge in [0.1, 0.15) is 5.75 Å². The van der Waals surface area contributed by atoms with E-state index in [1.54, 1.807) is 12.1 Å². The topological polar surface area (TPSA) is 78.8 Å². The standard InChI is InChI=1S/C14H12ClNO4/c1-20-12-4-2-3-9(13(12)18)14(19)16-11-6-5-8(17)7-10(11)15/h2-7,17-18H,1H3,(H,16,19). The SMILES string of the molecule is COc1cccc(C(=O)Nc2ccc(O)cc2Cl)c1O. The maximum absolute atomic E-state index is 12.1. The van der Waals surface area contributed by atoms with Gasteiger partial charge in [-0.15, -0.1) is 0 Å². The summed E-state index contributed by atoms with van der Waals surface area (Å²) in [6.07, 6.45) is 0. The van der Waals surface area contributed by atoms with Crippen LogP contribution >= 0.6 is 11.6 Å². The lowest BCUT2D eigenvalue weighted by Gasteiger charge is -2.10. The lowest BCUT2D eigenvalue weighted by molar-refractivity contribution is 0.102. The molecule has 0 bridgehead atoms. The molecule has 3 N–H and O–H groups in total. The molecular weight excluding hydrogens is 282 g/mol. The molecule has 0 spiro atoms. The van der Waals surface area contributed by atoms with Crippen molar-refractivity contribution < 1.29 is 19.7 Å². The number of para-hydroxylation sites is 1. The zero-order valence-electron chi connectivity index (χ0n) is 10.6. The number of amides is 1. The predicted octanol–water partition coefficient (Wildman–Crippen LogP) is 3.01. The highest BCUT2D eigenvalue weighted by Gasteiger charge is 2.15. The Bertz CT molecular complexity index is 658. The van der Waals surface area contributed by atoms with Gasteiger partial charge in [-0.25, -0.2) is 0 Å². The Kier molecular flexibility index (Phi) is 4.00. The fourth-order valence-corrected chi connectivity index (χ4v) is 1.89. The number of nitrogens with one attached hydrogen (secondary N) is 1.